The summed E-state index contributed by atoms with van der Waals surface area (Å²) in [6.07, 6.45) is 0. The van der Waals surface area contributed by atoms with E-state index >= 15 is 0 Å². The van der Waals surface area contributed by atoms with E-state index in [1.165, 1.54) is 0 Å². The number of anilines is 2. The van der Waals surface area contributed by atoms with E-state index in [1.807, 2.05) is 30.3 Å². The van der Waals surface area contributed by atoms with Gasteiger partial charge >= 0.3 is 0 Å². The molecule has 0 spiro atoms. The van der Waals surface area contributed by atoms with Crippen molar-refractivity contribution in [2.45, 2.75) is 6.54 Å². The Bertz CT molecular complexity index is 1080. The first-order chi connectivity index (χ1) is 14.9. The highest BCUT2D eigenvalue weighted by atomic mass is 16.2. The molecule has 158 valence electrons. The number of nitrogens with zero attached hydrogens (tertiary/aromatic N) is 1. The fourth-order valence-corrected chi connectivity index (χ4v) is 3.05. The molecular formula is C24H24N4O3. The number of nitrogens with one attached hydrogen (secondary N) is 2. The molecule has 3 rings (SSSR count). The number of primary amides is 1. The zero-order valence-corrected chi connectivity index (χ0v) is 17.2. The highest BCUT2D eigenvalue weighted by Crippen LogP contribution is 2.14. The third-order valence-corrected chi connectivity index (χ3v) is 4.60. The normalized spacial score (nSPS) is 10.2. The quantitative estimate of drug-likeness (QED) is 0.525. The molecule has 4 N–H and O–H groups in total. The van der Waals surface area contributed by atoms with Gasteiger partial charge in [-0.3, -0.25) is 14.4 Å². The molecule has 0 aromatic heterocycles. The second-order valence-corrected chi connectivity index (χ2v) is 7.07. The summed E-state index contributed by atoms with van der Waals surface area (Å²) in [5.41, 5.74) is 8.28. The van der Waals surface area contributed by atoms with Crippen molar-refractivity contribution in [3.63, 3.8) is 0 Å². The van der Waals surface area contributed by atoms with E-state index in [2.05, 4.69) is 10.6 Å². The van der Waals surface area contributed by atoms with Crippen LogP contribution < -0.4 is 16.4 Å². The maximum atomic E-state index is 12.7. The van der Waals surface area contributed by atoms with Crippen LogP contribution in [-0.4, -0.2) is 36.2 Å². The number of rotatable bonds is 8. The maximum absolute atomic E-state index is 12.7. The largest absolute Gasteiger partial charge is 0.376 e. The van der Waals surface area contributed by atoms with Gasteiger partial charge in [0.15, 0.2) is 0 Å². The van der Waals surface area contributed by atoms with Crippen LogP contribution in [0.25, 0.3) is 0 Å². The highest BCUT2D eigenvalue weighted by Gasteiger charge is 2.13. The summed E-state index contributed by atoms with van der Waals surface area (Å²) in [5, 5.41) is 5.72. The fraction of sp³-hybridized carbons (Fsp3) is 0.125. The van der Waals surface area contributed by atoms with E-state index in [9.17, 15) is 14.4 Å². The second kappa shape index (κ2) is 10.1. The number of hydrogen-bond acceptors (Lipinski definition) is 4. The Morgan fingerprint density at radius 3 is 2.19 bits per heavy atom. The second-order valence-electron chi connectivity index (χ2n) is 7.07. The van der Waals surface area contributed by atoms with E-state index in [4.69, 9.17) is 5.73 Å². The molecule has 0 bridgehead atoms. The summed E-state index contributed by atoms with van der Waals surface area (Å²) >= 11 is 0. The van der Waals surface area contributed by atoms with Gasteiger partial charge in [0.2, 0.25) is 11.8 Å². The van der Waals surface area contributed by atoms with Gasteiger partial charge in [0, 0.05) is 36.1 Å². The molecule has 7 nitrogen and oxygen atoms in total. The van der Waals surface area contributed by atoms with Crippen LogP contribution in [0.1, 0.15) is 26.3 Å². The summed E-state index contributed by atoms with van der Waals surface area (Å²) in [6.45, 7) is 0.485. The lowest BCUT2D eigenvalue weighted by atomic mass is 10.1. The first-order valence-electron chi connectivity index (χ1n) is 9.75. The molecule has 7 heteroatoms. The lowest BCUT2D eigenvalue weighted by Crippen LogP contribution is -2.26. The molecule has 3 amide bonds. The van der Waals surface area contributed by atoms with Crippen LogP contribution in [0.15, 0.2) is 78.9 Å². The molecule has 3 aromatic rings. The SMILES string of the molecule is CN(Cc1ccccc1)C(=O)c1cccc(NC(=O)CNc2cccc(C(N)=O)c2)c1. The van der Waals surface area contributed by atoms with Crippen molar-refractivity contribution in [1.82, 2.24) is 4.90 Å². The maximum Gasteiger partial charge on any atom is 0.253 e. The fourth-order valence-electron chi connectivity index (χ4n) is 3.05. The van der Waals surface area contributed by atoms with Gasteiger partial charge in [0.05, 0.1) is 6.54 Å². The molecule has 0 unspecified atom stereocenters. The number of carbonyl (C=O) groups is 3. The third-order valence-electron chi connectivity index (χ3n) is 4.60. The first kappa shape index (κ1) is 21.6. The zero-order valence-electron chi connectivity index (χ0n) is 17.2. The van der Waals surface area contributed by atoms with Crippen molar-refractivity contribution in [1.29, 1.82) is 0 Å². The van der Waals surface area contributed by atoms with Gasteiger partial charge in [-0.05, 0) is 42.0 Å². The number of carbonyl (C=O) groups excluding carboxylic acids is 3. The van der Waals surface area contributed by atoms with Crippen LogP contribution in [0.5, 0.6) is 0 Å². The molecule has 3 aromatic carbocycles. The molecule has 0 saturated carbocycles. The van der Waals surface area contributed by atoms with E-state index < -0.39 is 5.91 Å². The van der Waals surface area contributed by atoms with E-state index in [0.717, 1.165) is 5.56 Å². The van der Waals surface area contributed by atoms with Crippen LogP contribution in [0.3, 0.4) is 0 Å². The van der Waals surface area contributed by atoms with Gasteiger partial charge in [-0.2, -0.15) is 0 Å². The molecule has 0 fully saturated rings. The Morgan fingerprint density at radius 2 is 1.48 bits per heavy atom. The van der Waals surface area contributed by atoms with Gasteiger partial charge in [-0.25, -0.2) is 0 Å². The average molecular weight is 416 g/mol. The van der Waals surface area contributed by atoms with Crippen LogP contribution in [-0.2, 0) is 11.3 Å². The molecule has 0 saturated heterocycles. The Balaban J connectivity index is 1.58. The zero-order chi connectivity index (χ0) is 22.2. The molecule has 0 aliphatic rings. The Labute approximate surface area is 180 Å². The minimum absolute atomic E-state index is 0.00566. The third kappa shape index (κ3) is 6.17. The minimum atomic E-state index is -0.535. The summed E-state index contributed by atoms with van der Waals surface area (Å²) in [5.74, 6) is -0.958. The van der Waals surface area contributed by atoms with Gasteiger partial charge in [0.25, 0.3) is 5.91 Å². The van der Waals surface area contributed by atoms with Crippen molar-refractivity contribution < 1.29 is 14.4 Å². The van der Waals surface area contributed by atoms with Crippen molar-refractivity contribution in [3.8, 4) is 0 Å². The van der Waals surface area contributed by atoms with E-state index in [-0.39, 0.29) is 18.4 Å². The number of hydrogen-bond donors (Lipinski definition) is 3. The lowest BCUT2D eigenvalue weighted by Gasteiger charge is -2.18. The molecule has 0 aliphatic carbocycles. The van der Waals surface area contributed by atoms with Crippen molar-refractivity contribution in [3.05, 3.63) is 95.6 Å². The summed E-state index contributed by atoms with van der Waals surface area (Å²) in [6, 6.07) is 23.1. The molecule has 0 radical (unpaired) electrons. The molecule has 31 heavy (non-hydrogen) atoms. The van der Waals surface area contributed by atoms with Crippen LogP contribution in [0.4, 0.5) is 11.4 Å². The predicted octanol–water partition coefficient (Wildman–Crippen LogP) is 3.11. The predicted molar refractivity (Wildman–Crippen MR) is 121 cm³/mol. The van der Waals surface area contributed by atoms with Gasteiger partial charge in [0.1, 0.15) is 0 Å². The van der Waals surface area contributed by atoms with Gasteiger partial charge in [-0.1, -0.05) is 42.5 Å². The Morgan fingerprint density at radius 1 is 0.839 bits per heavy atom. The number of nitrogens with two attached hydrogens (primary N) is 1. The van der Waals surface area contributed by atoms with Gasteiger partial charge < -0.3 is 21.3 Å². The summed E-state index contributed by atoms with van der Waals surface area (Å²) in [4.78, 5) is 37.9. The summed E-state index contributed by atoms with van der Waals surface area (Å²) in [7, 11) is 1.74. The monoisotopic (exact) mass is 416 g/mol. The van der Waals surface area contributed by atoms with Crippen molar-refractivity contribution >= 4 is 29.1 Å². The van der Waals surface area contributed by atoms with Crippen LogP contribution in [0, 0.1) is 0 Å². The number of benzene rings is 3. The number of amides is 3. The summed E-state index contributed by atoms with van der Waals surface area (Å²) < 4.78 is 0. The topological polar surface area (TPSA) is 105 Å². The highest BCUT2D eigenvalue weighted by molar-refractivity contribution is 5.98. The van der Waals surface area contributed by atoms with E-state index in [0.29, 0.717) is 29.0 Å². The Hall–Kier alpha value is -4.13. The first-order valence-corrected chi connectivity index (χ1v) is 9.75. The minimum Gasteiger partial charge on any atom is -0.376 e. The van der Waals surface area contributed by atoms with E-state index in [1.54, 1.807) is 60.5 Å². The molecule has 0 atom stereocenters. The average Bonchev–Trinajstić information content (AvgIpc) is 2.78. The Kier molecular flexibility index (Phi) is 7.01. The van der Waals surface area contributed by atoms with Crippen LogP contribution >= 0.6 is 0 Å². The standard InChI is InChI=1S/C24H24N4O3/c1-28(16-17-7-3-2-4-8-17)24(31)19-10-6-12-21(14-19)27-22(29)15-26-20-11-5-9-18(13-20)23(25)30/h2-14,26H,15-16H2,1H3,(H2,25,30)(H,27,29). The van der Waals surface area contributed by atoms with Crippen LogP contribution in [0.2, 0.25) is 0 Å². The molecule has 0 heterocycles. The van der Waals surface area contributed by atoms with Crippen molar-refractivity contribution in [2.75, 3.05) is 24.2 Å². The van der Waals surface area contributed by atoms with Gasteiger partial charge in [-0.15, -0.1) is 0 Å². The smallest absolute Gasteiger partial charge is 0.253 e. The molecular weight excluding hydrogens is 392 g/mol. The molecule has 0 aliphatic heterocycles. The van der Waals surface area contributed by atoms with Crippen molar-refractivity contribution in [2.24, 2.45) is 5.73 Å². The lowest BCUT2D eigenvalue weighted by molar-refractivity contribution is -0.114.